The SMILES string of the molecule is CCOCCCNC(=NC)NCCCCCN1CCCCC1.I. The van der Waals surface area contributed by atoms with Crippen LogP contribution in [0, 0.1) is 0 Å². The summed E-state index contributed by atoms with van der Waals surface area (Å²) in [6.45, 7) is 9.47. The molecule has 1 aliphatic rings. The fraction of sp³-hybridized carbons (Fsp3) is 0.941. The first-order valence-corrected chi connectivity index (χ1v) is 9.11. The van der Waals surface area contributed by atoms with Crippen LogP contribution in [0.5, 0.6) is 0 Å². The van der Waals surface area contributed by atoms with Gasteiger partial charge in [0.15, 0.2) is 5.96 Å². The van der Waals surface area contributed by atoms with E-state index in [0.717, 1.165) is 38.7 Å². The molecule has 138 valence electrons. The van der Waals surface area contributed by atoms with Gasteiger partial charge in [0.1, 0.15) is 0 Å². The molecule has 0 aliphatic carbocycles. The molecule has 1 saturated heterocycles. The van der Waals surface area contributed by atoms with Gasteiger partial charge in [-0.25, -0.2) is 0 Å². The number of guanidine groups is 1. The number of nitrogens with one attached hydrogen (secondary N) is 2. The highest BCUT2D eigenvalue weighted by molar-refractivity contribution is 14.0. The van der Waals surface area contributed by atoms with E-state index in [0.29, 0.717) is 0 Å². The summed E-state index contributed by atoms with van der Waals surface area (Å²) in [5, 5.41) is 6.70. The van der Waals surface area contributed by atoms with Gasteiger partial charge in [0.05, 0.1) is 0 Å². The molecule has 6 heteroatoms. The van der Waals surface area contributed by atoms with E-state index in [2.05, 4.69) is 20.5 Å². The molecule has 0 spiro atoms. The van der Waals surface area contributed by atoms with Gasteiger partial charge in [-0.2, -0.15) is 0 Å². The lowest BCUT2D eigenvalue weighted by Crippen LogP contribution is -2.38. The van der Waals surface area contributed by atoms with Crippen LogP contribution in [-0.4, -0.2) is 63.8 Å². The van der Waals surface area contributed by atoms with E-state index in [1.807, 2.05) is 14.0 Å². The molecule has 1 aliphatic heterocycles. The van der Waals surface area contributed by atoms with Crippen LogP contribution in [0.2, 0.25) is 0 Å². The topological polar surface area (TPSA) is 48.9 Å². The van der Waals surface area contributed by atoms with Crippen LogP contribution < -0.4 is 10.6 Å². The maximum atomic E-state index is 5.32. The highest BCUT2D eigenvalue weighted by atomic mass is 127. The quantitative estimate of drug-likeness (QED) is 0.225. The summed E-state index contributed by atoms with van der Waals surface area (Å²) in [7, 11) is 1.83. The van der Waals surface area contributed by atoms with Crippen LogP contribution in [0.1, 0.15) is 51.9 Å². The number of ether oxygens (including phenoxy) is 1. The fourth-order valence-electron chi connectivity index (χ4n) is 2.77. The lowest BCUT2D eigenvalue weighted by molar-refractivity contribution is 0.145. The monoisotopic (exact) mass is 440 g/mol. The molecule has 0 bridgehead atoms. The molecule has 0 radical (unpaired) electrons. The Balaban J connectivity index is 0.00000484. The molecule has 0 aromatic heterocycles. The van der Waals surface area contributed by atoms with Crippen molar-refractivity contribution in [3.05, 3.63) is 0 Å². The summed E-state index contributed by atoms with van der Waals surface area (Å²) in [6, 6.07) is 0. The third kappa shape index (κ3) is 12.9. The van der Waals surface area contributed by atoms with Crippen molar-refractivity contribution >= 4 is 29.9 Å². The molecule has 0 unspecified atom stereocenters. The minimum absolute atomic E-state index is 0. The predicted octanol–water partition coefficient (Wildman–Crippen LogP) is 2.85. The number of rotatable bonds is 11. The van der Waals surface area contributed by atoms with Crippen LogP contribution in [0.3, 0.4) is 0 Å². The third-order valence-corrected chi connectivity index (χ3v) is 4.08. The van der Waals surface area contributed by atoms with E-state index in [1.54, 1.807) is 0 Å². The van der Waals surface area contributed by atoms with Crippen molar-refractivity contribution in [2.45, 2.75) is 51.9 Å². The van der Waals surface area contributed by atoms with Crippen LogP contribution in [-0.2, 0) is 4.74 Å². The zero-order chi connectivity index (χ0) is 15.9. The van der Waals surface area contributed by atoms with Crippen LogP contribution in [0.25, 0.3) is 0 Å². The van der Waals surface area contributed by atoms with E-state index < -0.39 is 0 Å². The Labute approximate surface area is 160 Å². The number of piperidine rings is 1. The second-order valence-electron chi connectivity index (χ2n) is 5.94. The Hall–Kier alpha value is -0.0800. The molecular formula is C17H37IN4O. The van der Waals surface area contributed by atoms with Crippen LogP contribution in [0.4, 0.5) is 0 Å². The third-order valence-electron chi connectivity index (χ3n) is 4.08. The van der Waals surface area contributed by atoms with Gasteiger partial charge in [-0.15, -0.1) is 24.0 Å². The summed E-state index contributed by atoms with van der Waals surface area (Å²) in [5.74, 6) is 0.910. The molecule has 0 aromatic rings. The number of aliphatic imine (C=N–C) groups is 1. The minimum atomic E-state index is 0. The maximum Gasteiger partial charge on any atom is 0.190 e. The van der Waals surface area contributed by atoms with Gasteiger partial charge >= 0.3 is 0 Å². The molecule has 1 heterocycles. The lowest BCUT2D eigenvalue weighted by atomic mass is 10.1. The Bertz CT molecular complexity index is 284. The van der Waals surface area contributed by atoms with Gasteiger partial charge in [0.25, 0.3) is 0 Å². The first-order chi connectivity index (χ1) is 10.9. The Morgan fingerprint density at radius 2 is 1.70 bits per heavy atom. The summed E-state index contributed by atoms with van der Waals surface area (Å²) in [4.78, 5) is 6.86. The van der Waals surface area contributed by atoms with Crippen molar-refractivity contribution in [1.29, 1.82) is 0 Å². The molecule has 0 saturated carbocycles. The molecule has 23 heavy (non-hydrogen) atoms. The van der Waals surface area contributed by atoms with Crippen molar-refractivity contribution in [1.82, 2.24) is 15.5 Å². The smallest absolute Gasteiger partial charge is 0.190 e. The van der Waals surface area contributed by atoms with Crippen LogP contribution in [0.15, 0.2) is 4.99 Å². The van der Waals surface area contributed by atoms with Gasteiger partial charge in [0, 0.05) is 33.4 Å². The number of hydrogen-bond donors (Lipinski definition) is 2. The molecular weight excluding hydrogens is 403 g/mol. The number of hydrogen-bond acceptors (Lipinski definition) is 3. The summed E-state index contributed by atoms with van der Waals surface area (Å²) in [5.41, 5.74) is 0. The lowest BCUT2D eigenvalue weighted by Gasteiger charge is -2.26. The van der Waals surface area contributed by atoms with Crippen molar-refractivity contribution in [2.75, 3.05) is 53.0 Å². The average molecular weight is 440 g/mol. The second kappa shape index (κ2) is 16.8. The van der Waals surface area contributed by atoms with Gasteiger partial charge in [-0.05, 0) is 58.7 Å². The van der Waals surface area contributed by atoms with Crippen molar-refractivity contribution in [2.24, 2.45) is 4.99 Å². The molecule has 0 amide bonds. The molecule has 1 rings (SSSR count). The largest absolute Gasteiger partial charge is 0.382 e. The van der Waals surface area contributed by atoms with E-state index in [4.69, 9.17) is 4.74 Å². The van der Waals surface area contributed by atoms with E-state index in [-0.39, 0.29) is 24.0 Å². The van der Waals surface area contributed by atoms with Crippen molar-refractivity contribution in [3.8, 4) is 0 Å². The Kier molecular flexibility index (Phi) is 16.7. The minimum Gasteiger partial charge on any atom is -0.382 e. The van der Waals surface area contributed by atoms with Gasteiger partial charge in [0.2, 0.25) is 0 Å². The Morgan fingerprint density at radius 3 is 2.35 bits per heavy atom. The van der Waals surface area contributed by atoms with Crippen molar-refractivity contribution < 1.29 is 4.74 Å². The van der Waals surface area contributed by atoms with Gasteiger partial charge < -0.3 is 20.3 Å². The normalized spacial score (nSPS) is 16.0. The maximum absolute atomic E-state index is 5.32. The average Bonchev–Trinajstić information content (AvgIpc) is 2.56. The number of unbranched alkanes of at least 4 members (excludes halogenated alkanes) is 2. The summed E-state index contributed by atoms with van der Waals surface area (Å²) in [6.07, 6.45) is 9.07. The van der Waals surface area contributed by atoms with E-state index in [9.17, 15) is 0 Å². The molecule has 0 atom stereocenters. The first kappa shape index (κ1) is 22.9. The predicted molar refractivity (Wildman–Crippen MR) is 110 cm³/mol. The standard InChI is InChI=1S/C17H36N4O.HI/c1-3-22-16-10-12-20-17(18-2)19-11-6-4-7-13-21-14-8-5-9-15-21;/h3-16H2,1-2H3,(H2,18,19,20);1H. The number of nitrogens with zero attached hydrogens (tertiary/aromatic N) is 2. The molecule has 1 fully saturated rings. The molecule has 5 nitrogen and oxygen atoms in total. The zero-order valence-electron chi connectivity index (χ0n) is 15.1. The number of likely N-dealkylation sites (tertiary alicyclic amines) is 1. The zero-order valence-corrected chi connectivity index (χ0v) is 17.4. The first-order valence-electron chi connectivity index (χ1n) is 9.11. The highest BCUT2D eigenvalue weighted by Gasteiger charge is 2.08. The Morgan fingerprint density at radius 1 is 1.00 bits per heavy atom. The van der Waals surface area contributed by atoms with Gasteiger partial charge in [-0.3, -0.25) is 4.99 Å². The highest BCUT2D eigenvalue weighted by Crippen LogP contribution is 2.09. The second-order valence-corrected chi connectivity index (χ2v) is 5.94. The van der Waals surface area contributed by atoms with E-state index >= 15 is 0 Å². The molecule has 0 aromatic carbocycles. The van der Waals surface area contributed by atoms with Crippen LogP contribution >= 0.6 is 24.0 Å². The van der Waals surface area contributed by atoms with Crippen molar-refractivity contribution in [3.63, 3.8) is 0 Å². The fourth-order valence-corrected chi connectivity index (χ4v) is 2.77. The summed E-state index contributed by atoms with van der Waals surface area (Å²) < 4.78 is 5.32. The van der Waals surface area contributed by atoms with Gasteiger partial charge in [-0.1, -0.05) is 12.8 Å². The molecule has 2 N–H and O–H groups in total. The number of halogens is 1. The summed E-state index contributed by atoms with van der Waals surface area (Å²) >= 11 is 0. The van der Waals surface area contributed by atoms with E-state index in [1.165, 1.54) is 58.2 Å².